The van der Waals surface area contributed by atoms with Gasteiger partial charge in [-0.15, -0.1) is 0 Å². The predicted molar refractivity (Wildman–Crippen MR) is 117 cm³/mol. The molecule has 0 saturated carbocycles. The Labute approximate surface area is 177 Å². The fraction of sp³-hybridized carbons (Fsp3) is 0.130. The van der Waals surface area contributed by atoms with Gasteiger partial charge in [0.05, 0.1) is 0 Å². The Morgan fingerprint density at radius 1 is 0.964 bits per heavy atom. The molecule has 0 unspecified atom stereocenters. The van der Waals surface area contributed by atoms with Crippen molar-refractivity contribution in [1.82, 2.24) is 0 Å². The number of hydrogen-bond acceptors (Lipinski definition) is 3. The molecule has 0 fully saturated rings. The molecule has 0 aromatic heterocycles. The van der Waals surface area contributed by atoms with Crippen molar-refractivity contribution in [1.29, 1.82) is 0 Å². The summed E-state index contributed by atoms with van der Waals surface area (Å²) in [5.74, 6) is 0.00815. The second kappa shape index (κ2) is 8.14. The third kappa shape index (κ3) is 3.80. The maximum atomic E-state index is 13.1. The highest BCUT2D eigenvalue weighted by molar-refractivity contribution is 14.1. The number of halogens is 1. The third-order valence-electron chi connectivity index (χ3n) is 4.84. The topological polar surface area (TPSA) is 55.4 Å². The lowest BCUT2D eigenvalue weighted by molar-refractivity contribution is 0.103. The summed E-state index contributed by atoms with van der Waals surface area (Å²) in [6, 6.07) is 20.9. The van der Waals surface area contributed by atoms with E-state index in [1.165, 1.54) is 0 Å². The van der Waals surface area contributed by atoms with Crippen LogP contribution >= 0.6 is 22.6 Å². The molecule has 4 nitrogen and oxygen atoms in total. The molecular formula is C23H18INO3. The van der Waals surface area contributed by atoms with Gasteiger partial charge in [0.1, 0.15) is 6.61 Å². The molecule has 3 aromatic rings. The zero-order valence-electron chi connectivity index (χ0n) is 15.1. The number of ketones is 1. The fourth-order valence-corrected chi connectivity index (χ4v) is 4.28. The zero-order chi connectivity index (χ0) is 19.5. The molecule has 1 N–H and O–H groups in total. The van der Waals surface area contributed by atoms with E-state index >= 15 is 0 Å². The van der Waals surface area contributed by atoms with Crippen molar-refractivity contribution in [3.05, 3.63) is 98.1 Å². The first-order valence-corrected chi connectivity index (χ1v) is 10.1. The highest BCUT2D eigenvalue weighted by atomic mass is 127. The number of ether oxygens (including phenoxy) is 1. The smallest absolute Gasteiger partial charge is 0.411 e. The van der Waals surface area contributed by atoms with Gasteiger partial charge in [-0.25, -0.2) is 4.79 Å². The van der Waals surface area contributed by atoms with E-state index in [-0.39, 0.29) is 12.4 Å². The first-order valence-electron chi connectivity index (χ1n) is 9.05. The molecule has 3 aromatic carbocycles. The molecule has 1 aliphatic carbocycles. The number of fused-ring (bicyclic) bond motifs is 2. The van der Waals surface area contributed by atoms with Gasteiger partial charge in [-0.1, -0.05) is 54.6 Å². The number of carbonyl (C=O) groups excluding carboxylic acids is 2. The van der Waals surface area contributed by atoms with Gasteiger partial charge in [-0.3, -0.25) is 10.1 Å². The molecular weight excluding hydrogens is 465 g/mol. The van der Waals surface area contributed by atoms with Gasteiger partial charge in [0.15, 0.2) is 5.78 Å². The van der Waals surface area contributed by atoms with Crippen molar-refractivity contribution in [3.8, 4) is 0 Å². The van der Waals surface area contributed by atoms with Crippen molar-refractivity contribution in [2.45, 2.75) is 19.4 Å². The Morgan fingerprint density at radius 2 is 1.75 bits per heavy atom. The van der Waals surface area contributed by atoms with Crippen LogP contribution in [0.4, 0.5) is 10.5 Å². The second-order valence-corrected chi connectivity index (χ2v) is 7.78. The third-order valence-corrected chi connectivity index (χ3v) is 5.74. The molecule has 0 aliphatic heterocycles. The molecule has 140 valence electrons. The number of nitrogens with one attached hydrogen (secondary N) is 1. The van der Waals surface area contributed by atoms with Gasteiger partial charge in [0.25, 0.3) is 0 Å². The summed E-state index contributed by atoms with van der Waals surface area (Å²) >= 11 is 2.21. The summed E-state index contributed by atoms with van der Waals surface area (Å²) in [6.45, 7) is 0.199. The summed E-state index contributed by atoms with van der Waals surface area (Å²) in [4.78, 5) is 25.4. The SMILES string of the molecule is O=C(Nc1cccc2c1CCc1cccc(I)c1C2=O)OCc1ccccc1. The number of carbonyl (C=O) groups is 2. The predicted octanol–water partition coefficient (Wildman–Crippen LogP) is 5.37. The average Bonchev–Trinajstić information content (AvgIpc) is 2.86. The lowest BCUT2D eigenvalue weighted by Gasteiger charge is -2.13. The quantitative estimate of drug-likeness (QED) is 0.510. The molecule has 28 heavy (non-hydrogen) atoms. The number of hydrogen-bond donors (Lipinski definition) is 1. The van der Waals surface area contributed by atoms with Crippen LogP contribution in [-0.2, 0) is 24.2 Å². The number of rotatable bonds is 3. The Bertz CT molecular complexity index is 1050. The monoisotopic (exact) mass is 483 g/mol. The number of benzene rings is 3. The molecule has 0 bridgehead atoms. The van der Waals surface area contributed by atoms with E-state index in [1.807, 2.05) is 60.7 Å². The van der Waals surface area contributed by atoms with Gasteiger partial charge in [-0.05, 0) is 64.3 Å². The minimum atomic E-state index is -0.527. The van der Waals surface area contributed by atoms with Gasteiger partial charge >= 0.3 is 6.09 Å². The molecule has 4 rings (SSSR count). The number of anilines is 1. The first-order chi connectivity index (χ1) is 13.6. The van der Waals surface area contributed by atoms with E-state index in [2.05, 4.69) is 27.9 Å². The summed E-state index contributed by atoms with van der Waals surface area (Å²) in [7, 11) is 0. The normalized spacial score (nSPS) is 12.5. The van der Waals surface area contributed by atoms with Crippen molar-refractivity contribution < 1.29 is 14.3 Å². The van der Waals surface area contributed by atoms with E-state index in [0.717, 1.165) is 32.2 Å². The lowest BCUT2D eigenvalue weighted by atomic mass is 9.98. The minimum absolute atomic E-state index is 0.00815. The van der Waals surface area contributed by atoms with Crippen LogP contribution < -0.4 is 5.32 Å². The summed E-state index contributed by atoms with van der Waals surface area (Å²) < 4.78 is 6.28. The summed E-state index contributed by atoms with van der Waals surface area (Å²) in [5, 5.41) is 2.81. The van der Waals surface area contributed by atoms with Crippen LogP contribution in [0, 0.1) is 3.57 Å². The molecule has 1 aliphatic rings. The van der Waals surface area contributed by atoms with Crippen LogP contribution in [0.25, 0.3) is 0 Å². The number of amides is 1. The van der Waals surface area contributed by atoms with E-state index < -0.39 is 6.09 Å². The van der Waals surface area contributed by atoms with E-state index in [1.54, 1.807) is 6.07 Å². The van der Waals surface area contributed by atoms with E-state index in [9.17, 15) is 9.59 Å². The highest BCUT2D eigenvalue weighted by Crippen LogP contribution is 2.31. The largest absolute Gasteiger partial charge is 0.444 e. The van der Waals surface area contributed by atoms with Gasteiger partial charge < -0.3 is 4.74 Å². The van der Waals surface area contributed by atoms with Gasteiger partial charge in [-0.2, -0.15) is 0 Å². The average molecular weight is 483 g/mol. The Hall–Kier alpha value is -2.67. The van der Waals surface area contributed by atoms with E-state index in [4.69, 9.17) is 4.74 Å². The van der Waals surface area contributed by atoms with Crippen LogP contribution in [0.5, 0.6) is 0 Å². The van der Waals surface area contributed by atoms with Crippen LogP contribution in [-0.4, -0.2) is 11.9 Å². The van der Waals surface area contributed by atoms with Crippen LogP contribution in [0.2, 0.25) is 0 Å². The molecule has 0 radical (unpaired) electrons. The van der Waals surface area contributed by atoms with Crippen LogP contribution in [0.15, 0.2) is 66.7 Å². The summed E-state index contributed by atoms with van der Waals surface area (Å²) in [5.41, 5.74) is 4.87. The molecule has 1 amide bonds. The Balaban J connectivity index is 1.56. The first kappa shape index (κ1) is 18.7. The highest BCUT2D eigenvalue weighted by Gasteiger charge is 2.25. The fourth-order valence-electron chi connectivity index (χ4n) is 3.48. The van der Waals surface area contributed by atoms with Gasteiger partial charge in [0, 0.05) is 20.4 Å². The number of aryl methyl sites for hydroxylation is 1. The van der Waals surface area contributed by atoms with E-state index in [0.29, 0.717) is 17.7 Å². The molecule has 0 atom stereocenters. The van der Waals surface area contributed by atoms with Crippen LogP contribution in [0.1, 0.15) is 32.6 Å². The van der Waals surface area contributed by atoms with Crippen molar-refractivity contribution in [3.63, 3.8) is 0 Å². The van der Waals surface area contributed by atoms with Gasteiger partial charge in [0.2, 0.25) is 0 Å². The zero-order valence-corrected chi connectivity index (χ0v) is 17.2. The van der Waals surface area contributed by atoms with Crippen molar-refractivity contribution >= 4 is 40.2 Å². The standard InChI is InChI=1S/C23H18INO3/c24-19-10-4-8-16-12-13-17-18(22(26)21(16)19)9-5-11-20(17)25-23(27)28-14-15-6-2-1-3-7-15/h1-11H,12-14H2,(H,25,27). The molecule has 0 spiro atoms. The maximum absolute atomic E-state index is 13.1. The molecule has 0 saturated heterocycles. The molecule has 0 heterocycles. The molecule has 5 heteroatoms. The Kier molecular flexibility index (Phi) is 5.43. The van der Waals surface area contributed by atoms with Crippen molar-refractivity contribution in [2.24, 2.45) is 0 Å². The minimum Gasteiger partial charge on any atom is -0.444 e. The Morgan fingerprint density at radius 3 is 2.57 bits per heavy atom. The lowest BCUT2D eigenvalue weighted by Crippen LogP contribution is -2.16. The summed E-state index contributed by atoms with van der Waals surface area (Å²) in [6.07, 6.45) is 0.910. The van der Waals surface area contributed by atoms with Crippen molar-refractivity contribution in [2.75, 3.05) is 5.32 Å². The second-order valence-electron chi connectivity index (χ2n) is 6.62. The maximum Gasteiger partial charge on any atom is 0.411 e. The van der Waals surface area contributed by atoms with Crippen LogP contribution in [0.3, 0.4) is 0 Å².